The molecule has 2 heterocycles. The molecule has 0 aliphatic carbocycles. The van der Waals surface area contributed by atoms with Crippen molar-refractivity contribution in [3.8, 4) is 11.4 Å². The fourth-order valence-electron chi connectivity index (χ4n) is 3.19. The highest BCUT2D eigenvalue weighted by Gasteiger charge is 2.38. The second-order valence-corrected chi connectivity index (χ2v) is 6.83. The second kappa shape index (κ2) is 9.38. The molecule has 0 saturated carbocycles. The summed E-state index contributed by atoms with van der Waals surface area (Å²) in [5, 5.41) is 9.50. The van der Waals surface area contributed by atoms with Gasteiger partial charge in [-0.15, -0.1) is 12.4 Å². The maximum atomic E-state index is 12.5. The van der Waals surface area contributed by atoms with Crippen molar-refractivity contribution in [2.45, 2.75) is 32.4 Å². The van der Waals surface area contributed by atoms with Gasteiger partial charge in [0, 0.05) is 17.7 Å². The molecule has 3 rings (SSSR count). The first-order valence-corrected chi connectivity index (χ1v) is 8.85. The summed E-state index contributed by atoms with van der Waals surface area (Å²) >= 11 is 0. The van der Waals surface area contributed by atoms with Crippen LogP contribution < -0.4 is 10.6 Å². The number of hydrogen-bond donors (Lipinski definition) is 2. The molecule has 2 atom stereocenters. The lowest BCUT2D eigenvalue weighted by Crippen LogP contribution is -2.34. The normalized spacial score (nSPS) is 18.2. The first kappa shape index (κ1) is 22.2. The van der Waals surface area contributed by atoms with Gasteiger partial charge in [0.1, 0.15) is 0 Å². The average molecular weight is 419 g/mol. The van der Waals surface area contributed by atoms with Crippen molar-refractivity contribution < 1.29 is 22.5 Å². The van der Waals surface area contributed by atoms with E-state index in [0.29, 0.717) is 23.6 Å². The van der Waals surface area contributed by atoms with Crippen molar-refractivity contribution in [2.75, 3.05) is 18.4 Å². The molecule has 0 spiro atoms. The molecule has 1 fully saturated rings. The van der Waals surface area contributed by atoms with Gasteiger partial charge in [0.15, 0.2) is 0 Å². The number of rotatable bonds is 5. The zero-order chi connectivity index (χ0) is 19.4. The van der Waals surface area contributed by atoms with Crippen molar-refractivity contribution in [1.82, 2.24) is 15.5 Å². The number of benzene rings is 1. The maximum Gasteiger partial charge on any atom is 0.471 e. The molecule has 0 radical (unpaired) electrons. The van der Waals surface area contributed by atoms with Gasteiger partial charge in [0.05, 0.1) is 0 Å². The van der Waals surface area contributed by atoms with Crippen LogP contribution >= 0.6 is 12.4 Å². The zero-order valence-electron chi connectivity index (χ0n) is 15.3. The lowest BCUT2D eigenvalue weighted by atomic mass is 9.85. The summed E-state index contributed by atoms with van der Waals surface area (Å²) < 4.78 is 41.8. The van der Waals surface area contributed by atoms with Gasteiger partial charge in [-0.3, -0.25) is 4.79 Å². The summed E-state index contributed by atoms with van der Waals surface area (Å²) in [5.41, 5.74) is 0.936. The first-order chi connectivity index (χ1) is 12.8. The fraction of sp³-hybridized carbons (Fsp3) is 0.500. The Balaban J connectivity index is 0.00000280. The van der Waals surface area contributed by atoms with E-state index in [4.69, 9.17) is 0 Å². The molecular weight excluding hydrogens is 397 g/mol. The highest BCUT2D eigenvalue weighted by molar-refractivity contribution is 5.91. The summed E-state index contributed by atoms with van der Waals surface area (Å²) in [6.07, 6.45) is -2.00. The minimum atomic E-state index is -4.68. The van der Waals surface area contributed by atoms with E-state index in [1.807, 2.05) is 0 Å². The molecule has 154 valence electrons. The van der Waals surface area contributed by atoms with Crippen LogP contribution in [0, 0.1) is 11.8 Å². The summed E-state index contributed by atoms with van der Waals surface area (Å²) in [5.74, 6) is -0.857. The van der Waals surface area contributed by atoms with Crippen LogP contribution in [0.15, 0.2) is 28.8 Å². The number of carbonyl (C=O) groups excluding carboxylic acids is 1. The molecule has 1 aliphatic rings. The third-order valence-corrected chi connectivity index (χ3v) is 4.74. The lowest BCUT2D eigenvalue weighted by molar-refractivity contribution is -0.159. The van der Waals surface area contributed by atoms with Crippen molar-refractivity contribution in [3.63, 3.8) is 0 Å². The highest BCUT2D eigenvalue weighted by Crippen LogP contribution is 2.29. The van der Waals surface area contributed by atoms with Crippen molar-refractivity contribution >= 4 is 24.0 Å². The number of amides is 1. The van der Waals surface area contributed by atoms with Crippen LogP contribution in [-0.4, -0.2) is 29.1 Å². The summed E-state index contributed by atoms with van der Waals surface area (Å²) in [6, 6.07) is 6.28. The predicted molar refractivity (Wildman–Crippen MR) is 100.0 cm³/mol. The highest BCUT2D eigenvalue weighted by atomic mass is 35.5. The van der Waals surface area contributed by atoms with E-state index in [1.54, 1.807) is 12.1 Å². The lowest BCUT2D eigenvalue weighted by Gasteiger charge is -2.28. The van der Waals surface area contributed by atoms with Crippen molar-refractivity contribution in [1.29, 1.82) is 0 Å². The minimum Gasteiger partial charge on any atom is -0.329 e. The van der Waals surface area contributed by atoms with Crippen LogP contribution in [0.3, 0.4) is 0 Å². The molecule has 2 unspecified atom stereocenters. The monoisotopic (exact) mass is 418 g/mol. The van der Waals surface area contributed by atoms with Gasteiger partial charge in [0.25, 0.3) is 0 Å². The molecule has 1 aromatic heterocycles. The van der Waals surface area contributed by atoms with E-state index in [0.717, 1.165) is 25.9 Å². The third kappa shape index (κ3) is 5.68. The molecule has 2 N–H and O–H groups in total. The first-order valence-electron chi connectivity index (χ1n) is 8.85. The van der Waals surface area contributed by atoms with Gasteiger partial charge in [-0.25, -0.2) is 0 Å². The Hall–Kier alpha value is -2.13. The van der Waals surface area contributed by atoms with Crippen LogP contribution in [0.2, 0.25) is 0 Å². The SMILES string of the molecule is CC(CC(=O)Nc1ccc(-c2noc(C(F)(F)F)n2)cc1)C1CCCNC1.Cl. The van der Waals surface area contributed by atoms with Crippen molar-refractivity contribution in [3.05, 3.63) is 30.2 Å². The van der Waals surface area contributed by atoms with E-state index in [-0.39, 0.29) is 30.1 Å². The minimum absolute atomic E-state index is 0. The van der Waals surface area contributed by atoms with E-state index >= 15 is 0 Å². The average Bonchev–Trinajstić information content (AvgIpc) is 3.13. The van der Waals surface area contributed by atoms with Gasteiger partial charge in [-0.05, 0) is 62.0 Å². The second-order valence-electron chi connectivity index (χ2n) is 6.83. The molecule has 2 aromatic rings. The molecule has 1 saturated heterocycles. The predicted octanol–water partition coefficient (Wildman–Crippen LogP) is 4.14. The number of nitrogens with zero attached hydrogens (tertiary/aromatic N) is 2. The Morgan fingerprint density at radius 1 is 1.36 bits per heavy atom. The molecule has 1 amide bonds. The van der Waals surface area contributed by atoms with Gasteiger partial charge < -0.3 is 15.2 Å². The van der Waals surface area contributed by atoms with Crippen LogP contribution in [0.4, 0.5) is 18.9 Å². The number of carbonyl (C=O) groups is 1. The number of anilines is 1. The summed E-state index contributed by atoms with van der Waals surface area (Å²) in [6.45, 7) is 4.05. The van der Waals surface area contributed by atoms with E-state index in [2.05, 4.69) is 32.2 Å². The Kier molecular flexibility index (Phi) is 7.42. The Bertz CT molecular complexity index is 774. The summed E-state index contributed by atoms with van der Waals surface area (Å²) in [7, 11) is 0. The molecule has 10 heteroatoms. The Morgan fingerprint density at radius 2 is 2.07 bits per heavy atom. The Labute approximate surface area is 166 Å². The van der Waals surface area contributed by atoms with Crippen LogP contribution in [-0.2, 0) is 11.0 Å². The quantitative estimate of drug-likeness (QED) is 0.762. The number of aromatic nitrogens is 2. The maximum absolute atomic E-state index is 12.5. The topological polar surface area (TPSA) is 80.1 Å². The van der Waals surface area contributed by atoms with E-state index < -0.39 is 12.1 Å². The molecule has 28 heavy (non-hydrogen) atoms. The number of halogens is 4. The van der Waals surface area contributed by atoms with E-state index in [9.17, 15) is 18.0 Å². The fourth-order valence-corrected chi connectivity index (χ4v) is 3.19. The van der Waals surface area contributed by atoms with Crippen LogP contribution in [0.5, 0.6) is 0 Å². The Morgan fingerprint density at radius 3 is 2.64 bits per heavy atom. The van der Waals surface area contributed by atoms with Gasteiger partial charge in [-0.2, -0.15) is 18.2 Å². The van der Waals surface area contributed by atoms with Gasteiger partial charge in [0.2, 0.25) is 11.7 Å². The number of nitrogens with one attached hydrogen (secondary N) is 2. The van der Waals surface area contributed by atoms with E-state index in [1.165, 1.54) is 12.1 Å². The largest absolute Gasteiger partial charge is 0.471 e. The molecule has 1 aliphatic heterocycles. The molecule has 6 nitrogen and oxygen atoms in total. The zero-order valence-corrected chi connectivity index (χ0v) is 16.1. The smallest absolute Gasteiger partial charge is 0.329 e. The third-order valence-electron chi connectivity index (χ3n) is 4.74. The summed E-state index contributed by atoms with van der Waals surface area (Å²) in [4.78, 5) is 15.6. The van der Waals surface area contributed by atoms with Crippen LogP contribution in [0.1, 0.15) is 32.1 Å². The number of alkyl halides is 3. The van der Waals surface area contributed by atoms with Crippen LogP contribution in [0.25, 0.3) is 11.4 Å². The van der Waals surface area contributed by atoms with Gasteiger partial charge in [-0.1, -0.05) is 12.1 Å². The molecular formula is C18H22ClF3N4O2. The standard InChI is InChI=1S/C18H21F3N4O2.ClH/c1-11(13-3-2-8-22-10-13)9-15(26)23-14-6-4-12(5-7-14)16-24-17(27-25-16)18(19,20)21;/h4-7,11,13,22H,2-3,8-10H2,1H3,(H,23,26);1H. The van der Waals surface area contributed by atoms with Gasteiger partial charge >= 0.3 is 12.1 Å². The number of piperidine rings is 1. The number of hydrogen-bond acceptors (Lipinski definition) is 5. The molecule has 0 bridgehead atoms. The molecule has 1 aromatic carbocycles. The van der Waals surface area contributed by atoms with Crippen molar-refractivity contribution in [2.24, 2.45) is 11.8 Å².